The normalized spacial score (nSPS) is 19.3. The third kappa shape index (κ3) is 7.85. The van der Waals surface area contributed by atoms with Gasteiger partial charge in [0.2, 0.25) is 23.6 Å². The van der Waals surface area contributed by atoms with Gasteiger partial charge in [-0.1, -0.05) is 48.0 Å². The molecule has 0 saturated carbocycles. The first-order valence-corrected chi connectivity index (χ1v) is 18.6. The minimum absolute atomic E-state index is 0.0847. The Labute approximate surface area is 315 Å². The highest BCUT2D eigenvalue weighted by Gasteiger charge is 2.30. The van der Waals surface area contributed by atoms with E-state index in [2.05, 4.69) is 64.3 Å². The second kappa shape index (κ2) is 16.1. The van der Waals surface area contributed by atoms with Gasteiger partial charge in [0.05, 0.1) is 31.1 Å². The fourth-order valence-electron chi connectivity index (χ4n) is 7.04. The summed E-state index contributed by atoms with van der Waals surface area (Å²) in [6.45, 7) is 2.16. The van der Waals surface area contributed by atoms with Crippen molar-refractivity contribution in [2.45, 2.75) is 69.8 Å². The van der Waals surface area contributed by atoms with Crippen LogP contribution in [0.2, 0.25) is 5.02 Å². The van der Waals surface area contributed by atoms with E-state index in [0.29, 0.717) is 83.4 Å². The van der Waals surface area contributed by atoms with Crippen LogP contribution in [0.15, 0.2) is 47.2 Å². The third-order valence-corrected chi connectivity index (χ3v) is 10.6. The van der Waals surface area contributed by atoms with Crippen LogP contribution < -0.4 is 35.5 Å². The molecule has 0 unspecified atom stereocenters. The maximum atomic E-state index is 11.5. The zero-order valence-corrected chi connectivity index (χ0v) is 31.3. The molecule has 4 heterocycles. The van der Waals surface area contributed by atoms with Gasteiger partial charge in [0.25, 0.3) is 5.88 Å². The summed E-state index contributed by atoms with van der Waals surface area (Å²) in [5.41, 5.74) is 6.79. The number of benzene rings is 2. The lowest BCUT2D eigenvalue weighted by molar-refractivity contribution is -0.120. The molecule has 2 saturated heterocycles. The lowest BCUT2D eigenvalue weighted by Crippen LogP contribution is -2.35. The lowest BCUT2D eigenvalue weighted by atomic mass is 9.95. The summed E-state index contributed by atoms with van der Waals surface area (Å²) in [5.74, 6) is 1.31. The number of halogens is 2. The van der Waals surface area contributed by atoms with Crippen molar-refractivity contribution in [2.24, 2.45) is 0 Å². The van der Waals surface area contributed by atoms with Gasteiger partial charge in [-0.3, -0.25) is 14.6 Å². The highest BCUT2D eigenvalue weighted by molar-refractivity contribution is 9.10. The maximum absolute atomic E-state index is 11.5. The van der Waals surface area contributed by atoms with Crippen molar-refractivity contribution in [1.82, 2.24) is 41.2 Å². The van der Waals surface area contributed by atoms with Gasteiger partial charge in [0.15, 0.2) is 4.60 Å². The number of fused-ring (bicyclic) bond motifs is 1. The van der Waals surface area contributed by atoms with Gasteiger partial charge in [-0.2, -0.15) is 4.98 Å². The zero-order chi connectivity index (χ0) is 36.2. The molecule has 2 fully saturated rings. The number of amides is 2. The molecule has 3 aliphatic rings. The number of carbonyl (C=O) groups excluding carboxylic acids is 2. The molecule has 52 heavy (non-hydrogen) atoms. The summed E-state index contributed by atoms with van der Waals surface area (Å²) in [7, 11) is 3.14. The van der Waals surface area contributed by atoms with Crippen LogP contribution in [0.4, 0.5) is 0 Å². The molecule has 1 aliphatic carbocycles. The van der Waals surface area contributed by atoms with E-state index in [1.807, 2.05) is 24.3 Å². The standard InChI is InChI=1S/C37H40BrClN8O5/c1-50-35-28(17-40-15-20-9-13-31(48)43-20)42-19-27(46-35)26-8-4-7-25(33(26)39)22-5-3-6-24-23(22)11-12-30(24)52-37-34(38)45-29(36(47-37)51-2)18-41-16-21-10-14-32(49)44-21/h3-8,19-21,30,40-41H,9-18H2,1-2H3,(H,43,48)(H,44,49)/t20-,21-,30-/m0/s1. The summed E-state index contributed by atoms with van der Waals surface area (Å²) >= 11 is 10.7. The molecule has 4 aromatic rings. The molecule has 15 heteroatoms. The van der Waals surface area contributed by atoms with E-state index in [1.54, 1.807) is 20.4 Å². The van der Waals surface area contributed by atoms with Crippen molar-refractivity contribution >= 4 is 39.3 Å². The fraction of sp³-hybridized carbons (Fsp3) is 0.405. The van der Waals surface area contributed by atoms with E-state index in [9.17, 15) is 9.59 Å². The number of hydrogen-bond donors (Lipinski definition) is 4. The zero-order valence-electron chi connectivity index (χ0n) is 28.9. The van der Waals surface area contributed by atoms with Crippen LogP contribution in [0.3, 0.4) is 0 Å². The van der Waals surface area contributed by atoms with Crippen molar-refractivity contribution in [1.29, 1.82) is 0 Å². The molecule has 3 atom stereocenters. The minimum Gasteiger partial charge on any atom is -0.480 e. The molecule has 2 aliphatic heterocycles. The van der Waals surface area contributed by atoms with E-state index in [1.165, 1.54) is 0 Å². The SMILES string of the molecule is COc1nc(-c2cccc(-c3cccc4c3CC[C@@H]4Oc3nc(OC)c(CNC[C@@H]4CCC(=O)N4)nc3Br)c2Cl)cnc1CNC[C@@H]1CCC(=O)N1. The van der Waals surface area contributed by atoms with E-state index in [-0.39, 0.29) is 30.0 Å². The molecule has 2 aromatic carbocycles. The number of hydrogen-bond acceptors (Lipinski definition) is 11. The van der Waals surface area contributed by atoms with E-state index in [0.717, 1.165) is 53.5 Å². The highest BCUT2D eigenvalue weighted by atomic mass is 79.9. The summed E-state index contributed by atoms with van der Waals surface area (Å²) in [6, 6.07) is 12.3. The van der Waals surface area contributed by atoms with Gasteiger partial charge in [-0.05, 0) is 58.3 Å². The van der Waals surface area contributed by atoms with Crippen LogP contribution in [0.25, 0.3) is 22.4 Å². The maximum Gasteiger partial charge on any atom is 0.251 e. The van der Waals surface area contributed by atoms with Crippen LogP contribution in [0.1, 0.15) is 60.7 Å². The van der Waals surface area contributed by atoms with E-state index < -0.39 is 0 Å². The highest BCUT2D eigenvalue weighted by Crippen LogP contribution is 2.44. The molecule has 2 amide bonds. The molecule has 4 N–H and O–H groups in total. The van der Waals surface area contributed by atoms with Crippen molar-refractivity contribution < 1.29 is 23.8 Å². The van der Waals surface area contributed by atoms with Crippen molar-refractivity contribution in [3.8, 4) is 40.0 Å². The summed E-state index contributed by atoms with van der Waals surface area (Å²) in [4.78, 5) is 41.8. The van der Waals surface area contributed by atoms with Gasteiger partial charge in [-0.15, -0.1) is 0 Å². The van der Waals surface area contributed by atoms with Gasteiger partial charge in [0, 0.05) is 62.2 Å². The Morgan fingerprint density at radius 2 is 1.42 bits per heavy atom. The monoisotopic (exact) mass is 790 g/mol. The molecule has 13 nitrogen and oxygen atoms in total. The predicted octanol–water partition coefficient (Wildman–Crippen LogP) is 4.84. The average Bonchev–Trinajstić information content (AvgIpc) is 3.89. The van der Waals surface area contributed by atoms with Crippen molar-refractivity contribution in [2.75, 3.05) is 27.3 Å². The van der Waals surface area contributed by atoms with Crippen LogP contribution in [0, 0.1) is 0 Å². The van der Waals surface area contributed by atoms with Crippen LogP contribution in [-0.2, 0) is 29.1 Å². The second-order valence-electron chi connectivity index (χ2n) is 13.0. The molecule has 2 aromatic heterocycles. The molecule has 272 valence electrons. The molecular weight excluding hydrogens is 752 g/mol. The third-order valence-electron chi connectivity index (χ3n) is 9.63. The number of rotatable bonds is 14. The largest absolute Gasteiger partial charge is 0.480 e. The van der Waals surface area contributed by atoms with Crippen LogP contribution >= 0.6 is 27.5 Å². The number of nitrogens with one attached hydrogen (secondary N) is 4. The Morgan fingerprint density at radius 3 is 2.10 bits per heavy atom. The molecule has 0 spiro atoms. The van der Waals surface area contributed by atoms with Gasteiger partial charge >= 0.3 is 0 Å². The molecular formula is C37H40BrClN8O5. The summed E-state index contributed by atoms with van der Waals surface area (Å²) < 4.78 is 18.2. The van der Waals surface area contributed by atoms with E-state index >= 15 is 0 Å². The first-order valence-electron chi connectivity index (χ1n) is 17.4. The Morgan fingerprint density at radius 1 is 0.788 bits per heavy atom. The van der Waals surface area contributed by atoms with Crippen molar-refractivity contribution in [3.05, 3.63) is 74.7 Å². The molecule has 0 bridgehead atoms. The average molecular weight is 792 g/mol. The topological polar surface area (TPSA) is 162 Å². The van der Waals surface area contributed by atoms with Gasteiger partial charge in [-0.25, -0.2) is 9.97 Å². The Hall–Kier alpha value is -4.37. The Kier molecular flexibility index (Phi) is 11.2. The summed E-state index contributed by atoms with van der Waals surface area (Å²) in [6.07, 6.45) is 5.76. The fourth-order valence-corrected chi connectivity index (χ4v) is 7.76. The van der Waals surface area contributed by atoms with Gasteiger partial charge in [0.1, 0.15) is 17.5 Å². The Balaban J connectivity index is 1.06. The smallest absolute Gasteiger partial charge is 0.251 e. The van der Waals surface area contributed by atoms with Gasteiger partial charge < -0.3 is 35.5 Å². The Bertz CT molecular complexity index is 1980. The lowest BCUT2D eigenvalue weighted by Gasteiger charge is -2.18. The number of methoxy groups -OCH3 is 2. The first-order chi connectivity index (χ1) is 25.3. The number of nitrogens with zero attached hydrogens (tertiary/aromatic N) is 4. The van der Waals surface area contributed by atoms with Crippen LogP contribution in [-0.4, -0.2) is 71.1 Å². The number of aromatic nitrogens is 4. The molecule has 7 rings (SSSR count). The second-order valence-corrected chi connectivity index (χ2v) is 14.2. The first kappa shape index (κ1) is 36.0. The number of carbonyl (C=O) groups is 2. The summed E-state index contributed by atoms with van der Waals surface area (Å²) in [5, 5.41) is 13.2. The minimum atomic E-state index is -0.247. The molecule has 0 radical (unpaired) electrons. The number of ether oxygens (including phenoxy) is 3. The quantitative estimate of drug-likeness (QED) is 0.138. The van der Waals surface area contributed by atoms with E-state index in [4.69, 9.17) is 30.8 Å². The predicted molar refractivity (Wildman–Crippen MR) is 198 cm³/mol. The van der Waals surface area contributed by atoms with Crippen LogP contribution in [0.5, 0.6) is 17.6 Å². The van der Waals surface area contributed by atoms with Crippen molar-refractivity contribution in [3.63, 3.8) is 0 Å².